The van der Waals surface area contributed by atoms with Crippen LogP contribution in [0.15, 0.2) is 24.3 Å². The molecule has 0 saturated heterocycles. The van der Waals surface area contributed by atoms with Crippen LogP contribution in [0.4, 0.5) is 0 Å². The summed E-state index contributed by atoms with van der Waals surface area (Å²) in [6.07, 6.45) is 0. The summed E-state index contributed by atoms with van der Waals surface area (Å²) in [6.45, 7) is -0.164. The zero-order chi connectivity index (χ0) is 12.0. The number of hydroxylamine groups is 2. The van der Waals surface area contributed by atoms with Gasteiger partial charge in [-0.1, -0.05) is 12.1 Å². The van der Waals surface area contributed by atoms with Crippen molar-refractivity contribution in [2.24, 2.45) is 0 Å². The number of ether oxygens (including phenoxy) is 1. The van der Waals surface area contributed by atoms with E-state index in [2.05, 4.69) is 0 Å². The third-order valence-corrected chi connectivity index (χ3v) is 1.98. The van der Waals surface area contributed by atoms with Crippen LogP contribution in [0, 0.1) is 11.3 Å². The molecule has 0 aromatic heterocycles. The number of amides is 1. The number of rotatable bonds is 4. The van der Waals surface area contributed by atoms with Gasteiger partial charge in [-0.2, -0.15) is 5.26 Å². The Hall–Kier alpha value is -2.06. The lowest BCUT2D eigenvalue weighted by Gasteiger charge is -2.14. The molecule has 0 saturated carbocycles. The Kier molecular flexibility index (Phi) is 4.30. The van der Waals surface area contributed by atoms with Crippen LogP contribution in [0.25, 0.3) is 0 Å². The molecule has 5 heteroatoms. The molecule has 0 unspecified atom stereocenters. The van der Waals surface area contributed by atoms with Gasteiger partial charge < -0.3 is 4.74 Å². The molecule has 84 valence electrons. The molecule has 0 N–H and O–H groups in total. The summed E-state index contributed by atoms with van der Waals surface area (Å²) < 4.78 is 5.22. The van der Waals surface area contributed by atoms with Crippen molar-refractivity contribution >= 4 is 5.91 Å². The van der Waals surface area contributed by atoms with E-state index in [-0.39, 0.29) is 12.5 Å². The largest absolute Gasteiger partial charge is 0.482 e. The number of likely N-dealkylation sites (N-methyl/N-ethyl adjacent to an activating group) is 1. The van der Waals surface area contributed by atoms with E-state index in [1.165, 1.54) is 14.2 Å². The molecule has 0 bridgehead atoms. The van der Waals surface area contributed by atoms with Crippen LogP contribution in [0.1, 0.15) is 5.56 Å². The molecule has 1 aromatic carbocycles. The number of hydrogen-bond donors (Lipinski definition) is 0. The molecule has 0 aliphatic carbocycles. The fourth-order valence-corrected chi connectivity index (χ4v) is 1.02. The van der Waals surface area contributed by atoms with Crippen molar-refractivity contribution in [3.8, 4) is 11.8 Å². The Balaban J connectivity index is 2.62. The third kappa shape index (κ3) is 2.97. The van der Waals surface area contributed by atoms with Gasteiger partial charge in [-0.05, 0) is 12.1 Å². The van der Waals surface area contributed by atoms with Gasteiger partial charge in [-0.3, -0.25) is 9.63 Å². The van der Waals surface area contributed by atoms with Crippen molar-refractivity contribution in [3.05, 3.63) is 29.8 Å². The second kappa shape index (κ2) is 5.73. The minimum Gasteiger partial charge on any atom is -0.482 e. The van der Waals surface area contributed by atoms with Gasteiger partial charge in [0.05, 0.1) is 12.7 Å². The third-order valence-electron chi connectivity index (χ3n) is 1.98. The summed E-state index contributed by atoms with van der Waals surface area (Å²) in [5.74, 6) is 0.0677. The van der Waals surface area contributed by atoms with Crippen LogP contribution in [0.3, 0.4) is 0 Å². The average molecular weight is 220 g/mol. The Labute approximate surface area is 93.8 Å². The van der Waals surface area contributed by atoms with Crippen molar-refractivity contribution in [1.29, 1.82) is 5.26 Å². The van der Waals surface area contributed by atoms with E-state index in [0.717, 1.165) is 5.06 Å². The van der Waals surface area contributed by atoms with Crippen LogP contribution in [-0.2, 0) is 9.63 Å². The van der Waals surface area contributed by atoms with Crippen LogP contribution < -0.4 is 4.74 Å². The predicted octanol–water partition coefficient (Wildman–Crippen LogP) is 0.957. The number of para-hydroxylation sites is 1. The van der Waals surface area contributed by atoms with Gasteiger partial charge in [0.25, 0.3) is 5.91 Å². The Morgan fingerprint density at radius 3 is 2.81 bits per heavy atom. The molecule has 5 nitrogen and oxygen atoms in total. The van der Waals surface area contributed by atoms with Gasteiger partial charge in [-0.25, -0.2) is 5.06 Å². The molecule has 0 heterocycles. The minimum absolute atomic E-state index is 0.164. The van der Waals surface area contributed by atoms with Crippen molar-refractivity contribution in [2.75, 3.05) is 20.8 Å². The molecule has 0 aliphatic rings. The molecule has 1 rings (SSSR count). The normalized spacial score (nSPS) is 9.31. The number of hydrogen-bond acceptors (Lipinski definition) is 4. The van der Waals surface area contributed by atoms with E-state index >= 15 is 0 Å². The van der Waals surface area contributed by atoms with Crippen LogP contribution >= 0.6 is 0 Å². The first-order valence-corrected chi connectivity index (χ1v) is 4.61. The molecular formula is C11H12N2O3. The van der Waals surface area contributed by atoms with E-state index in [0.29, 0.717) is 11.3 Å². The van der Waals surface area contributed by atoms with Gasteiger partial charge in [0, 0.05) is 7.05 Å². The summed E-state index contributed by atoms with van der Waals surface area (Å²) in [5.41, 5.74) is 0.398. The molecule has 1 aromatic rings. The standard InChI is InChI=1S/C11H12N2O3/c1-13(15-2)11(14)8-16-10-6-4-3-5-9(10)7-12/h3-6H,8H2,1-2H3. The van der Waals surface area contributed by atoms with Crippen molar-refractivity contribution in [2.45, 2.75) is 0 Å². The van der Waals surface area contributed by atoms with Crippen LogP contribution in [0.5, 0.6) is 5.75 Å². The van der Waals surface area contributed by atoms with Gasteiger partial charge in [0.15, 0.2) is 6.61 Å². The second-order valence-electron chi connectivity index (χ2n) is 2.97. The zero-order valence-electron chi connectivity index (χ0n) is 9.14. The number of carbonyl (C=O) groups excluding carboxylic acids is 1. The fourth-order valence-electron chi connectivity index (χ4n) is 1.02. The van der Waals surface area contributed by atoms with Gasteiger partial charge in [0.1, 0.15) is 11.8 Å². The first-order valence-electron chi connectivity index (χ1n) is 4.61. The van der Waals surface area contributed by atoms with Crippen molar-refractivity contribution in [1.82, 2.24) is 5.06 Å². The lowest BCUT2D eigenvalue weighted by molar-refractivity contribution is -0.170. The van der Waals surface area contributed by atoms with Crippen molar-refractivity contribution in [3.63, 3.8) is 0 Å². The molecule has 0 spiro atoms. The van der Waals surface area contributed by atoms with Crippen LogP contribution in [0.2, 0.25) is 0 Å². The molecular weight excluding hydrogens is 208 g/mol. The van der Waals surface area contributed by atoms with E-state index in [9.17, 15) is 4.79 Å². The second-order valence-corrected chi connectivity index (χ2v) is 2.97. The summed E-state index contributed by atoms with van der Waals surface area (Å²) in [4.78, 5) is 16.0. The maximum absolute atomic E-state index is 11.3. The van der Waals surface area contributed by atoms with E-state index < -0.39 is 0 Å². The highest BCUT2D eigenvalue weighted by Crippen LogP contribution is 2.16. The highest BCUT2D eigenvalue weighted by molar-refractivity contribution is 5.76. The first-order chi connectivity index (χ1) is 7.69. The SMILES string of the molecule is CON(C)C(=O)COc1ccccc1C#N. The number of nitriles is 1. The van der Waals surface area contributed by atoms with Gasteiger partial charge >= 0.3 is 0 Å². The monoisotopic (exact) mass is 220 g/mol. The van der Waals surface area contributed by atoms with Crippen molar-refractivity contribution < 1.29 is 14.4 Å². The molecule has 1 amide bonds. The Bertz CT molecular complexity index is 412. The molecule has 0 atom stereocenters. The lowest BCUT2D eigenvalue weighted by Crippen LogP contribution is -2.30. The topological polar surface area (TPSA) is 62.6 Å². The average Bonchev–Trinajstić information content (AvgIpc) is 2.35. The molecule has 16 heavy (non-hydrogen) atoms. The first kappa shape index (κ1) is 12.0. The Morgan fingerprint density at radius 1 is 1.50 bits per heavy atom. The number of carbonyl (C=O) groups is 1. The van der Waals surface area contributed by atoms with E-state index in [1.54, 1.807) is 24.3 Å². The Morgan fingerprint density at radius 2 is 2.19 bits per heavy atom. The maximum Gasteiger partial charge on any atom is 0.283 e. The summed E-state index contributed by atoms with van der Waals surface area (Å²) in [7, 11) is 2.88. The highest BCUT2D eigenvalue weighted by Gasteiger charge is 2.10. The fraction of sp³-hybridized carbons (Fsp3) is 0.273. The van der Waals surface area contributed by atoms with Gasteiger partial charge in [-0.15, -0.1) is 0 Å². The minimum atomic E-state index is -0.324. The highest BCUT2D eigenvalue weighted by atomic mass is 16.7. The maximum atomic E-state index is 11.3. The lowest BCUT2D eigenvalue weighted by atomic mass is 10.2. The molecule has 0 radical (unpaired) electrons. The molecule has 0 aliphatic heterocycles. The summed E-state index contributed by atoms with van der Waals surface area (Å²) in [5, 5.41) is 9.85. The molecule has 0 fully saturated rings. The smallest absolute Gasteiger partial charge is 0.283 e. The summed E-state index contributed by atoms with van der Waals surface area (Å²) in [6, 6.07) is 8.71. The van der Waals surface area contributed by atoms with E-state index in [4.69, 9.17) is 14.8 Å². The van der Waals surface area contributed by atoms with Gasteiger partial charge in [0.2, 0.25) is 0 Å². The predicted molar refractivity (Wildman–Crippen MR) is 56.4 cm³/mol. The zero-order valence-corrected chi connectivity index (χ0v) is 9.14. The summed E-state index contributed by atoms with van der Waals surface area (Å²) >= 11 is 0. The van der Waals surface area contributed by atoms with E-state index in [1.807, 2.05) is 6.07 Å². The number of benzene rings is 1. The quantitative estimate of drug-likeness (QED) is 0.709. The number of nitrogens with zero attached hydrogens (tertiary/aromatic N) is 2. The van der Waals surface area contributed by atoms with Crippen LogP contribution in [-0.4, -0.2) is 31.7 Å².